The number of hydrogen-bond acceptors (Lipinski definition) is 1. The number of fused-ring (bicyclic) bond motifs is 1. The van der Waals surface area contributed by atoms with Crippen LogP contribution in [0.2, 0.25) is 0 Å². The van der Waals surface area contributed by atoms with Crippen LogP contribution in [0.15, 0.2) is 48.5 Å². The van der Waals surface area contributed by atoms with Gasteiger partial charge in [0.05, 0.1) is 17.9 Å². The van der Waals surface area contributed by atoms with E-state index in [9.17, 15) is 8.63 Å². The van der Waals surface area contributed by atoms with Crippen LogP contribution in [0, 0.1) is 6.57 Å². The van der Waals surface area contributed by atoms with Crippen molar-refractivity contribution in [2.24, 2.45) is 0 Å². The van der Waals surface area contributed by atoms with E-state index in [0.717, 1.165) is 4.49 Å². The topological polar surface area (TPSA) is 16.6 Å². The molecule has 6 heteroatoms. The molecule has 1 aliphatic rings. The number of nitrogens with zero attached hydrogens (tertiary/aromatic N) is 2. The Labute approximate surface area is 114 Å². The molecule has 0 bridgehead atoms. The average molecular weight is 270 g/mol. The van der Waals surface area contributed by atoms with Crippen molar-refractivity contribution in [2.75, 3.05) is 0 Å². The van der Waals surface area contributed by atoms with E-state index in [2.05, 4.69) is 4.85 Å². The van der Waals surface area contributed by atoms with E-state index in [0.29, 0.717) is 16.9 Å². The molecule has 2 aromatic carbocycles. The van der Waals surface area contributed by atoms with E-state index in [4.69, 9.17) is 11.2 Å². The summed E-state index contributed by atoms with van der Waals surface area (Å²) in [6.07, 6.45) is 1.32. The van der Waals surface area contributed by atoms with Crippen LogP contribution in [0.4, 0.5) is 20.0 Å². The summed E-state index contributed by atoms with van der Waals surface area (Å²) in [5.41, 5.74) is 1.20. The fourth-order valence-electron chi connectivity index (χ4n) is 2.11. The third-order valence-corrected chi connectivity index (χ3v) is 3.05. The maximum absolute atomic E-state index is 14.1. The molecule has 0 N–H and O–H groups in total. The third kappa shape index (κ3) is 2.03. The van der Waals surface area contributed by atoms with Gasteiger partial charge in [-0.15, -0.1) is 0 Å². The van der Waals surface area contributed by atoms with Gasteiger partial charge in [0.25, 0.3) is 0 Å². The Hall–Kier alpha value is -2.68. The van der Waals surface area contributed by atoms with Gasteiger partial charge >= 0.3 is 7.04 Å². The maximum Gasteiger partial charge on any atom is 0.834 e. The largest absolute Gasteiger partial charge is 0.834 e. The molecule has 2 aromatic rings. The second kappa shape index (κ2) is 4.46. The quantitative estimate of drug-likeness (QED) is 0.569. The van der Waals surface area contributed by atoms with Gasteiger partial charge in [0, 0.05) is 12.1 Å². The monoisotopic (exact) mass is 270 g/mol. The first kappa shape index (κ1) is 12.4. The Balaban J connectivity index is 2.17. The first-order chi connectivity index (χ1) is 9.60. The second-order valence-electron chi connectivity index (χ2n) is 4.38. The number of hydrogen-bond donors (Lipinski definition) is 0. The number of halogens is 2. The van der Waals surface area contributed by atoms with Gasteiger partial charge in [-0.3, -0.25) is 0 Å². The highest BCUT2D eigenvalue weighted by atomic mass is 19.3. The highest BCUT2D eigenvalue weighted by molar-refractivity contribution is 6.53. The molecule has 1 aliphatic heterocycles. The smallest absolute Gasteiger partial charge is 0.599 e. The van der Waals surface area contributed by atoms with Crippen molar-refractivity contribution < 1.29 is 17.8 Å². The van der Waals surface area contributed by atoms with Crippen molar-refractivity contribution in [3.8, 4) is 5.75 Å². The Kier molecular flexibility index (Phi) is 2.76. The fraction of sp³-hybridized carbons (Fsp3) is 0. The Bertz CT molecular complexity index is 739. The Morgan fingerprint density at radius 3 is 2.55 bits per heavy atom. The van der Waals surface area contributed by atoms with Crippen LogP contribution in [0.5, 0.6) is 5.75 Å². The van der Waals surface area contributed by atoms with E-state index in [1.165, 1.54) is 24.4 Å². The summed E-state index contributed by atoms with van der Waals surface area (Å²) in [4.78, 5) is 3.29. The standard InChI is InChI=1S/C14H9BF2N2O/c1-18-12-7-8-14-11(9-12)10-19(15(16,17)20-14)13-5-3-2-4-6-13/h2-10H. The highest BCUT2D eigenvalue weighted by Gasteiger charge is 2.49. The molecule has 0 unspecified atom stereocenters. The highest BCUT2D eigenvalue weighted by Crippen LogP contribution is 2.32. The van der Waals surface area contributed by atoms with Crippen molar-refractivity contribution in [2.45, 2.75) is 0 Å². The van der Waals surface area contributed by atoms with Crippen molar-refractivity contribution in [1.29, 1.82) is 0 Å². The Morgan fingerprint density at radius 1 is 1.10 bits per heavy atom. The van der Waals surface area contributed by atoms with Crippen molar-refractivity contribution >= 4 is 24.6 Å². The van der Waals surface area contributed by atoms with Crippen LogP contribution in [0.25, 0.3) is 4.85 Å². The third-order valence-electron chi connectivity index (χ3n) is 3.05. The van der Waals surface area contributed by atoms with E-state index < -0.39 is 7.04 Å². The van der Waals surface area contributed by atoms with Gasteiger partial charge in [0.15, 0.2) is 11.4 Å². The lowest BCUT2D eigenvalue weighted by Crippen LogP contribution is -2.46. The van der Waals surface area contributed by atoms with Gasteiger partial charge in [-0.25, -0.2) is 4.85 Å². The predicted octanol–water partition coefficient (Wildman–Crippen LogP) is 3.77. The van der Waals surface area contributed by atoms with Crippen molar-refractivity contribution in [3.05, 3.63) is 65.5 Å². The molecule has 0 aliphatic carbocycles. The van der Waals surface area contributed by atoms with E-state index in [-0.39, 0.29) is 5.75 Å². The van der Waals surface area contributed by atoms with Gasteiger partial charge in [0.2, 0.25) is 0 Å². The molecule has 0 atom stereocenters. The minimum Gasteiger partial charge on any atom is -0.599 e. The van der Waals surface area contributed by atoms with Gasteiger partial charge < -0.3 is 17.8 Å². The molecule has 1 heterocycles. The minimum atomic E-state index is -4.17. The molecule has 0 radical (unpaired) electrons. The van der Waals surface area contributed by atoms with Gasteiger partial charge in [0.1, 0.15) is 6.21 Å². The van der Waals surface area contributed by atoms with Crippen LogP contribution >= 0.6 is 0 Å². The summed E-state index contributed by atoms with van der Waals surface area (Å²) < 4.78 is 33.8. The molecule has 20 heavy (non-hydrogen) atoms. The van der Waals surface area contributed by atoms with E-state index in [1.807, 2.05) is 0 Å². The predicted molar refractivity (Wildman–Crippen MR) is 72.8 cm³/mol. The molecule has 0 saturated heterocycles. The number of para-hydroxylation sites is 1. The van der Waals surface area contributed by atoms with Crippen LogP contribution in [-0.4, -0.2) is 17.7 Å². The van der Waals surface area contributed by atoms with Gasteiger partial charge in [-0.05, 0) is 12.1 Å². The number of benzene rings is 2. The molecule has 3 nitrogen and oxygen atoms in total. The molecule has 0 fully saturated rings. The molecule has 98 valence electrons. The SMILES string of the molecule is [C-]#[N+]c1ccc2c(c1)C=[N+](c1ccccc1)[B-](F)(F)O2. The molecule has 3 rings (SSSR count). The van der Waals surface area contributed by atoms with Crippen molar-refractivity contribution in [1.82, 2.24) is 0 Å². The van der Waals surface area contributed by atoms with Crippen LogP contribution < -0.4 is 4.65 Å². The lowest BCUT2D eigenvalue weighted by Gasteiger charge is -2.28. The first-order valence-electron chi connectivity index (χ1n) is 6.00. The van der Waals surface area contributed by atoms with E-state index >= 15 is 0 Å². The summed E-state index contributed by atoms with van der Waals surface area (Å²) in [7, 11) is -4.17. The number of rotatable bonds is 1. The normalized spacial score (nSPS) is 15.6. The van der Waals surface area contributed by atoms with Crippen molar-refractivity contribution in [3.63, 3.8) is 0 Å². The molecule has 0 saturated carbocycles. The zero-order valence-electron chi connectivity index (χ0n) is 10.3. The zero-order chi connectivity index (χ0) is 14.2. The summed E-state index contributed by atoms with van der Waals surface area (Å²) in [5.74, 6) is 0.0922. The van der Waals surface area contributed by atoms with Crippen LogP contribution in [-0.2, 0) is 0 Å². The second-order valence-corrected chi connectivity index (χ2v) is 4.38. The summed E-state index contributed by atoms with van der Waals surface area (Å²) >= 11 is 0. The summed E-state index contributed by atoms with van der Waals surface area (Å²) in [6.45, 7) is 6.97. The summed E-state index contributed by atoms with van der Waals surface area (Å²) in [6, 6.07) is 12.7. The first-order valence-corrected chi connectivity index (χ1v) is 6.00. The van der Waals surface area contributed by atoms with Crippen LogP contribution in [0.3, 0.4) is 0 Å². The zero-order valence-corrected chi connectivity index (χ0v) is 10.3. The van der Waals surface area contributed by atoms with E-state index in [1.54, 1.807) is 30.3 Å². The lowest BCUT2D eigenvalue weighted by atomic mass is 9.98. The average Bonchev–Trinajstić information content (AvgIpc) is 2.46. The molecule has 0 amide bonds. The molecule has 0 aromatic heterocycles. The lowest BCUT2D eigenvalue weighted by molar-refractivity contribution is -0.343. The van der Waals surface area contributed by atoms with Gasteiger partial charge in [-0.1, -0.05) is 24.3 Å². The van der Waals surface area contributed by atoms with Crippen LogP contribution in [0.1, 0.15) is 5.56 Å². The Morgan fingerprint density at radius 2 is 1.85 bits per heavy atom. The molecular weight excluding hydrogens is 261 g/mol. The maximum atomic E-state index is 14.1. The molecule has 0 spiro atoms. The summed E-state index contributed by atoms with van der Waals surface area (Å²) in [5, 5.41) is 0. The molecular formula is C14H9BF2N2O. The van der Waals surface area contributed by atoms with Gasteiger partial charge in [-0.2, -0.15) is 0 Å². The minimum absolute atomic E-state index is 0.0922. The fourth-order valence-corrected chi connectivity index (χ4v) is 2.11.